The number of H-pyrrole nitrogens is 1. The van der Waals surface area contributed by atoms with E-state index in [0.717, 1.165) is 62.0 Å². The maximum absolute atomic E-state index is 13.8. The van der Waals surface area contributed by atoms with E-state index >= 15 is 0 Å². The fourth-order valence-corrected chi connectivity index (χ4v) is 6.68. The van der Waals surface area contributed by atoms with Crippen molar-refractivity contribution in [3.8, 4) is 11.8 Å². The summed E-state index contributed by atoms with van der Waals surface area (Å²) in [6.45, 7) is 5.15. The molecule has 2 saturated carbocycles. The normalized spacial score (nSPS) is 24.9. The lowest BCUT2D eigenvalue weighted by Crippen LogP contribution is -2.48. The van der Waals surface area contributed by atoms with Crippen LogP contribution in [0.2, 0.25) is 0 Å². The van der Waals surface area contributed by atoms with Gasteiger partial charge in [0.2, 0.25) is 11.8 Å². The molecule has 1 aromatic carbocycles. The molecule has 0 radical (unpaired) electrons. The molecule has 1 aromatic heterocycles. The second kappa shape index (κ2) is 10.6. The summed E-state index contributed by atoms with van der Waals surface area (Å²) < 4.78 is 6.24. The molecule has 1 saturated heterocycles. The quantitative estimate of drug-likeness (QED) is 0.580. The minimum absolute atomic E-state index is 0.0839. The highest BCUT2D eigenvalue weighted by molar-refractivity contribution is 5.92. The Kier molecular flexibility index (Phi) is 7.05. The summed E-state index contributed by atoms with van der Waals surface area (Å²) in [5.74, 6) is 0.200. The Morgan fingerprint density at radius 2 is 1.87 bits per heavy atom. The fraction of sp³-hybridized carbons (Fsp3) is 0.633. The third-order valence-corrected chi connectivity index (χ3v) is 9.14. The molecule has 2 aliphatic carbocycles. The number of para-hydroxylation sites is 1. The van der Waals surface area contributed by atoms with Crippen molar-refractivity contribution in [3.05, 3.63) is 29.5 Å². The van der Waals surface area contributed by atoms with Crippen molar-refractivity contribution >= 4 is 22.7 Å². The van der Waals surface area contributed by atoms with Crippen LogP contribution in [0.15, 0.2) is 18.2 Å². The Balaban J connectivity index is 1.14. The minimum Gasteiger partial charge on any atom is -0.490 e. The number of ether oxygens (including phenoxy) is 1. The molecule has 2 N–H and O–H groups in total. The Morgan fingerprint density at radius 3 is 2.63 bits per heavy atom. The van der Waals surface area contributed by atoms with Gasteiger partial charge in [0, 0.05) is 54.5 Å². The van der Waals surface area contributed by atoms with E-state index < -0.39 is 5.54 Å². The zero-order chi connectivity index (χ0) is 26.1. The number of rotatable bonds is 7. The van der Waals surface area contributed by atoms with Crippen LogP contribution in [-0.4, -0.2) is 64.9 Å². The van der Waals surface area contributed by atoms with Gasteiger partial charge >= 0.3 is 0 Å². The molecular formula is C30H39N5O3. The van der Waals surface area contributed by atoms with Gasteiger partial charge in [0.25, 0.3) is 0 Å². The van der Waals surface area contributed by atoms with Gasteiger partial charge in [0.1, 0.15) is 17.9 Å². The number of hydrogen-bond donors (Lipinski definition) is 2. The Labute approximate surface area is 224 Å². The molecule has 2 unspecified atom stereocenters. The molecular weight excluding hydrogens is 478 g/mol. The van der Waals surface area contributed by atoms with Gasteiger partial charge in [-0.1, -0.05) is 31.4 Å². The Morgan fingerprint density at radius 1 is 1.08 bits per heavy atom. The average molecular weight is 518 g/mol. The number of amides is 2. The van der Waals surface area contributed by atoms with Crippen LogP contribution >= 0.6 is 0 Å². The Hall–Kier alpha value is -3.05. The summed E-state index contributed by atoms with van der Waals surface area (Å²) in [5.41, 5.74) is 2.67. The molecule has 2 aliphatic heterocycles. The van der Waals surface area contributed by atoms with Gasteiger partial charge in [-0.05, 0) is 57.7 Å². The van der Waals surface area contributed by atoms with E-state index in [1.807, 2.05) is 17.0 Å². The standard InChI is InChI=1S/C30H39N5O3/c31-20-30(12-13-30)33-28(36)22-7-2-3-8-23(22)29(37)35-16-11-25-24(19-35)21-9-6-10-26(27(21)32-25)38-18-17-34-14-4-1-5-15-34/h6,9-10,22-23,32H,1-5,7-8,11-19H2,(H,33,36). The number of fused-ring (bicyclic) bond motifs is 3. The number of aromatic nitrogens is 1. The number of aromatic amines is 1. The summed E-state index contributed by atoms with van der Waals surface area (Å²) in [5, 5.41) is 13.5. The van der Waals surface area contributed by atoms with Gasteiger partial charge in [-0.2, -0.15) is 5.26 Å². The highest BCUT2D eigenvalue weighted by atomic mass is 16.5. The lowest BCUT2D eigenvalue weighted by Gasteiger charge is -2.36. The van der Waals surface area contributed by atoms with E-state index in [-0.39, 0.29) is 23.7 Å². The Bertz CT molecular complexity index is 1240. The molecule has 4 aliphatic rings. The molecule has 3 fully saturated rings. The fourth-order valence-electron chi connectivity index (χ4n) is 6.68. The lowest BCUT2D eigenvalue weighted by molar-refractivity contribution is -0.144. The van der Waals surface area contributed by atoms with Crippen LogP contribution < -0.4 is 10.1 Å². The third kappa shape index (κ3) is 5.01. The number of nitrogens with zero attached hydrogens (tertiary/aromatic N) is 3. The van der Waals surface area contributed by atoms with Gasteiger partial charge in [-0.15, -0.1) is 0 Å². The molecule has 3 heterocycles. The van der Waals surface area contributed by atoms with Crippen LogP contribution in [0.1, 0.15) is 69.0 Å². The monoisotopic (exact) mass is 517 g/mol. The van der Waals surface area contributed by atoms with Gasteiger partial charge in [-0.25, -0.2) is 0 Å². The summed E-state index contributed by atoms with van der Waals surface area (Å²) in [6.07, 6.45) is 9.45. The SMILES string of the molecule is N#CC1(NC(=O)C2CCCCC2C(=O)N2CCc3[nH]c4c(OCCN5CCCCC5)cccc4c3C2)CC1. The minimum atomic E-state index is -0.695. The smallest absolute Gasteiger partial charge is 0.226 e. The number of piperidine rings is 1. The molecule has 2 amide bonds. The highest BCUT2D eigenvalue weighted by Gasteiger charge is 2.47. The molecule has 6 rings (SSSR count). The average Bonchev–Trinajstić information content (AvgIpc) is 3.63. The zero-order valence-electron chi connectivity index (χ0n) is 22.3. The number of likely N-dealkylation sites (tertiary alicyclic amines) is 1. The van der Waals surface area contributed by atoms with E-state index in [4.69, 9.17) is 4.74 Å². The van der Waals surface area contributed by atoms with Crippen molar-refractivity contribution in [1.29, 1.82) is 5.26 Å². The number of hydrogen-bond acceptors (Lipinski definition) is 5. The van der Waals surface area contributed by atoms with Crippen LogP contribution in [0.4, 0.5) is 0 Å². The first-order chi connectivity index (χ1) is 18.6. The van der Waals surface area contributed by atoms with Crippen molar-refractivity contribution in [3.63, 3.8) is 0 Å². The van der Waals surface area contributed by atoms with Crippen molar-refractivity contribution < 1.29 is 14.3 Å². The number of benzene rings is 1. The molecule has 8 nitrogen and oxygen atoms in total. The lowest BCUT2D eigenvalue weighted by atomic mass is 9.77. The second-order valence-electron chi connectivity index (χ2n) is 11.7. The predicted molar refractivity (Wildman–Crippen MR) is 144 cm³/mol. The van der Waals surface area contributed by atoms with Crippen molar-refractivity contribution in [2.75, 3.05) is 32.8 Å². The van der Waals surface area contributed by atoms with E-state index in [1.165, 1.54) is 30.5 Å². The summed E-state index contributed by atoms with van der Waals surface area (Å²) >= 11 is 0. The van der Waals surface area contributed by atoms with Gasteiger partial charge in [-0.3, -0.25) is 14.5 Å². The van der Waals surface area contributed by atoms with Crippen molar-refractivity contribution in [2.45, 2.75) is 76.3 Å². The summed E-state index contributed by atoms with van der Waals surface area (Å²) in [4.78, 5) is 34.9. The van der Waals surface area contributed by atoms with Crippen molar-refractivity contribution in [2.24, 2.45) is 11.8 Å². The first kappa shape index (κ1) is 25.2. The van der Waals surface area contributed by atoms with E-state index in [9.17, 15) is 14.9 Å². The number of carbonyl (C=O) groups is 2. The van der Waals surface area contributed by atoms with Crippen LogP contribution in [0, 0.1) is 23.2 Å². The largest absolute Gasteiger partial charge is 0.490 e. The number of carbonyl (C=O) groups excluding carboxylic acids is 2. The van der Waals surface area contributed by atoms with Crippen LogP contribution in [0.25, 0.3) is 10.9 Å². The van der Waals surface area contributed by atoms with Gasteiger partial charge < -0.3 is 19.9 Å². The topological polar surface area (TPSA) is 101 Å². The van der Waals surface area contributed by atoms with Gasteiger partial charge in [0.15, 0.2) is 0 Å². The molecule has 0 spiro atoms. The second-order valence-corrected chi connectivity index (χ2v) is 11.7. The van der Waals surface area contributed by atoms with E-state index in [1.54, 1.807) is 0 Å². The molecule has 8 heteroatoms. The maximum Gasteiger partial charge on any atom is 0.226 e. The first-order valence-electron chi connectivity index (χ1n) is 14.6. The van der Waals surface area contributed by atoms with Gasteiger partial charge in [0.05, 0.1) is 11.6 Å². The van der Waals surface area contributed by atoms with E-state index in [2.05, 4.69) is 27.3 Å². The van der Waals surface area contributed by atoms with E-state index in [0.29, 0.717) is 39.0 Å². The molecule has 202 valence electrons. The molecule has 38 heavy (non-hydrogen) atoms. The highest BCUT2D eigenvalue weighted by Crippen LogP contribution is 2.39. The van der Waals surface area contributed by atoms with Crippen LogP contribution in [0.5, 0.6) is 5.75 Å². The third-order valence-electron chi connectivity index (χ3n) is 9.14. The maximum atomic E-state index is 13.8. The molecule has 0 bridgehead atoms. The van der Waals surface area contributed by atoms with Crippen LogP contribution in [0.3, 0.4) is 0 Å². The number of nitriles is 1. The zero-order valence-corrected chi connectivity index (χ0v) is 22.3. The number of nitrogens with one attached hydrogen (secondary N) is 2. The first-order valence-corrected chi connectivity index (χ1v) is 14.6. The summed E-state index contributed by atoms with van der Waals surface area (Å²) in [6, 6.07) is 8.43. The molecule has 2 atom stereocenters. The molecule has 2 aromatic rings. The summed E-state index contributed by atoms with van der Waals surface area (Å²) in [7, 11) is 0. The van der Waals surface area contributed by atoms with Crippen LogP contribution in [-0.2, 0) is 22.6 Å². The van der Waals surface area contributed by atoms with Crippen molar-refractivity contribution in [1.82, 2.24) is 20.1 Å². The predicted octanol–water partition coefficient (Wildman–Crippen LogP) is 3.90.